The molecule has 2 atom stereocenters. The number of carbonyl (C=O) groups excluding carboxylic acids is 1. The Hall–Kier alpha value is -1.26. The van der Waals surface area contributed by atoms with Gasteiger partial charge in [-0.3, -0.25) is 4.79 Å². The van der Waals surface area contributed by atoms with E-state index in [9.17, 15) is 4.79 Å². The molecule has 1 fully saturated rings. The Balaban J connectivity index is 2.39. The van der Waals surface area contributed by atoms with Gasteiger partial charge in [-0.15, -0.1) is 0 Å². The number of amides is 1. The topological polar surface area (TPSA) is 87.7 Å². The maximum absolute atomic E-state index is 11.5. The van der Waals surface area contributed by atoms with Crippen LogP contribution in [-0.2, 0) is 4.79 Å². The number of nitrogens with one attached hydrogen (secondary N) is 1. The van der Waals surface area contributed by atoms with Crippen LogP contribution in [0.25, 0.3) is 0 Å². The second-order valence-corrected chi connectivity index (χ2v) is 4.91. The summed E-state index contributed by atoms with van der Waals surface area (Å²) in [4.78, 5) is 11.5. The molecule has 0 saturated heterocycles. The van der Waals surface area contributed by atoms with E-state index >= 15 is 0 Å². The first-order chi connectivity index (χ1) is 6.88. The molecule has 5 nitrogen and oxygen atoms in total. The van der Waals surface area contributed by atoms with Gasteiger partial charge in [0.15, 0.2) is 0 Å². The quantitative estimate of drug-likeness (QED) is 0.275. The van der Waals surface area contributed by atoms with Gasteiger partial charge in [0.25, 0.3) is 0 Å². The largest absolute Gasteiger partial charge is 0.409 e. The second-order valence-electron chi connectivity index (χ2n) is 4.91. The first kappa shape index (κ1) is 11.8. The fourth-order valence-corrected chi connectivity index (χ4v) is 1.35. The molecule has 0 heterocycles. The molecule has 2 unspecified atom stereocenters. The molecule has 0 aromatic rings. The van der Waals surface area contributed by atoms with Crippen molar-refractivity contribution in [3.8, 4) is 0 Å². The van der Waals surface area contributed by atoms with E-state index in [0.717, 1.165) is 6.42 Å². The summed E-state index contributed by atoms with van der Waals surface area (Å²) in [6.45, 7) is 6.08. The molecular formula is C10H19N3O2. The Bertz CT molecular complexity index is 286. The Morgan fingerprint density at radius 3 is 2.60 bits per heavy atom. The molecule has 0 aliphatic heterocycles. The molecule has 86 valence electrons. The molecule has 0 bridgehead atoms. The van der Waals surface area contributed by atoms with E-state index in [1.165, 1.54) is 0 Å². The van der Waals surface area contributed by atoms with Crippen LogP contribution < -0.4 is 11.1 Å². The van der Waals surface area contributed by atoms with Crippen molar-refractivity contribution in [2.45, 2.75) is 27.2 Å². The van der Waals surface area contributed by atoms with Crippen LogP contribution in [-0.4, -0.2) is 23.5 Å². The molecule has 1 saturated carbocycles. The van der Waals surface area contributed by atoms with Crippen molar-refractivity contribution in [3.63, 3.8) is 0 Å². The number of hydrogen-bond acceptors (Lipinski definition) is 3. The third kappa shape index (κ3) is 2.84. The van der Waals surface area contributed by atoms with Crippen molar-refractivity contribution >= 4 is 11.7 Å². The Morgan fingerprint density at radius 2 is 2.20 bits per heavy atom. The number of carbonyl (C=O) groups is 1. The van der Waals surface area contributed by atoms with Gasteiger partial charge in [-0.2, -0.15) is 0 Å². The lowest BCUT2D eigenvalue weighted by molar-refractivity contribution is -0.122. The standard InChI is InChI=1S/C10H19N3O2/c1-6-4-7(6)8(14)12-5-10(2,3)9(11)13-15/h6-7,15H,4-5H2,1-3H3,(H2,11,13)(H,12,14). The average molecular weight is 213 g/mol. The highest BCUT2D eigenvalue weighted by molar-refractivity contribution is 5.87. The van der Waals surface area contributed by atoms with E-state index < -0.39 is 5.41 Å². The highest BCUT2D eigenvalue weighted by Crippen LogP contribution is 2.37. The van der Waals surface area contributed by atoms with Crippen LogP contribution >= 0.6 is 0 Å². The average Bonchev–Trinajstić information content (AvgIpc) is 2.90. The molecule has 1 aliphatic carbocycles. The number of hydrogen-bond donors (Lipinski definition) is 3. The van der Waals surface area contributed by atoms with Crippen LogP contribution in [0.1, 0.15) is 27.2 Å². The van der Waals surface area contributed by atoms with Crippen LogP contribution in [0.3, 0.4) is 0 Å². The summed E-state index contributed by atoms with van der Waals surface area (Å²) in [6, 6.07) is 0. The fourth-order valence-electron chi connectivity index (χ4n) is 1.35. The van der Waals surface area contributed by atoms with E-state index in [0.29, 0.717) is 12.5 Å². The van der Waals surface area contributed by atoms with Crippen LogP contribution in [0, 0.1) is 17.3 Å². The van der Waals surface area contributed by atoms with Crippen LogP contribution in [0.4, 0.5) is 0 Å². The predicted octanol–water partition coefficient (Wildman–Crippen LogP) is 0.531. The number of rotatable bonds is 4. The lowest BCUT2D eigenvalue weighted by atomic mass is 9.92. The summed E-state index contributed by atoms with van der Waals surface area (Å²) in [5, 5.41) is 14.3. The van der Waals surface area contributed by atoms with Gasteiger partial charge in [0, 0.05) is 17.9 Å². The molecule has 4 N–H and O–H groups in total. The molecule has 0 radical (unpaired) electrons. The van der Waals surface area contributed by atoms with E-state index in [2.05, 4.69) is 17.4 Å². The third-order valence-corrected chi connectivity index (χ3v) is 2.95. The molecular weight excluding hydrogens is 194 g/mol. The zero-order valence-electron chi connectivity index (χ0n) is 9.45. The molecule has 0 aromatic carbocycles. The number of oxime groups is 1. The predicted molar refractivity (Wildman–Crippen MR) is 57.5 cm³/mol. The van der Waals surface area contributed by atoms with Crippen LogP contribution in [0.15, 0.2) is 5.16 Å². The van der Waals surface area contributed by atoms with Crippen molar-refractivity contribution < 1.29 is 10.0 Å². The summed E-state index contributed by atoms with van der Waals surface area (Å²) < 4.78 is 0. The Morgan fingerprint density at radius 1 is 1.67 bits per heavy atom. The van der Waals surface area contributed by atoms with Crippen molar-refractivity contribution in [1.29, 1.82) is 0 Å². The summed E-state index contributed by atoms with van der Waals surface area (Å²) in [6.07, 6.45) is 0.968. The van der Waals surface area contributed by atoms with E-state index in [-0.39, 0.29) is 17.7 Å². The molecule has 1 amide bonds. The summed E-state index contributed by atoms with van der Waals surface area (Å²) >= 11 is 0. The molecule has 15 heavy (non-hydrogen) atoms. The molecule has 5 heteroatoms. The van der Waals surface area contributed by atoms with Gasteiger partial charge in [0.1, 0.15) is 5.84 Å². The monoisotopic (exact) mass is 213 g/mol. The number of nitrogens with zero attached hydrogens (tertiary/aromatic N) is 1. The SMILES string of the molecule is CC1CC1C(=O)NCC(C)(C)C(N)=NO. The van der Waals surface area contributed by atoms with Crippen molar-refractivity contribution in [2.75, 3.05) is 6.54 Å². The first-order valence-corrected chi connectivity index (χ1v) is 5.14. The second kappa shape index (κ2) is 4.08. The number of nitrogens with two attached hydrogens (primary N) is 1. The molecule has 0 aromatic heterocycles. The summed E-state index contributed by atoms with van der Waals surface area (Å²) in [7, 11) is 0. The molecule has 1 aliphatic rings. The summed E-state index contributed by atoms with van der Waals surface area (Å²) in [5.41, 5.74) is 4.99. The Kier molecular flexibility index (Phi) is 3.21. The van der Waals surface area contributed by atoms with Gasteiger partial charge in [-0.05, 0) is 12.3 Å². The number of amidine groups is 1. The van der Waals surface area contributed by atoms with Gasteiger partial charge >= 0.3 is 0 Å². The Labute approximate surface area is 89.7 Å². The maximum Gasteiger partial charge on any atom is 0.223 e. The van der Waals surface area contributed by atoms with Gasteiger partial charge in [0.2, 0.25) is 5.91 Å². The lowest BCUT2D eigenvalue weighted by Crippen LogP contribution is -2.43. The molecule has 0 spiro atoms. The minimum Gasteiger partial charge on any atom is -0.409 e. The van der Waals surface area contributed by atoms with Crippen LogP contribution in [0.2, 0.25) is 0 Å². The summed E-state index contributed by atoms with van der Waals surface area (Å²) in [5.74, 6) is 0.859. The third-order valence-electron chi connectivity index (χ3n) is 2.95. The fraction of sp³-hybridized carbons (Fsp3) is 0.800. The highest BCUT2D eigenvalue weighted by Gasteiger charge is 2.39. The van der Waals surface area contributed by atoms with Gasteiger partial charge in [-0.1, -0.05) is 25.9 Å². The zero-order chi connectivity index (χ0) is 11.6. The van der Waals surface area contributed by atoms with E-state index in [4.69, 9.17) is 10.9 Å². The minimum atomic E-state index is -0.511. The highest BCUT2D eigenvalue weighted by atomic mass is 16.4. The van der Waals surface area contributed by atoms with Crippen molar-refractivity contribution in [2.24, 2.45) is 28.1 Å². The normalized spacial score (nSPS) is 26.2. The maximum atomic E-state index is 11.5. The smallest absolute Gasteiger partial charge is 0.223 e. The van der Waals surface area contributed by atoms with Crippen molar-refractivity contribution in [1.82, 2.24) is 5.32 Å². The van der Waals surface area contributed by atoms with Gasteiger partial charge in [0.05, 0.1) is 0 Å². The zero-order valence-corrected chi connectivity index (χ0v) is 9.45. The van der Waals surface area contributed by atoms with Gasteiger partial charge < -0.3 is 16.3 Å². The minimum absolute atomic E-state index is 0.0707. The van der Waals surface area contributed by atoms with Crippen LogP contribution in [0.5, 0.6) is 0 Å². The van der Waals surface area contributed by atoms with Crippen molar-refractivity contribution in [3.05, 3.63) is 0 Å². The lowest BCUT2D eigenvalue weighted by Gasteiger charge is -2.23. The first-order valence-electron chi connectivity index (χ1n) is 5.14. The molecule has 1 rings (SSSR count). The van der Waals surface area contributed by atoms with E-state index in [1.54, 1.807) is 0 Å². The van der Waals surface area contributed by atoms with Gasteiger partial charge in [-0.25, -0.2) is 0 Å². The van der Waals surface area contributed by atoms with E-state index in [1.807, 2.05) is 13.8 Å².